The van der Waals surface area contributed by atoms with Gasteiger partial charge in [-0.25, -0.2) is 4.79 Å². The standard InChI is InChI=1S/C30H30O14/c1-12(11-42-30(41)15-7-19(34)25(38)20(35)8-15)23(36)27(40)24(37)13(2)43-29-26(39)22-18(33)9-17(32)10-21(22)44-28(29)14-3-5-16(31)6-4-14/h3-10,12-13,23-24,27,31-38,40H,11H2,1-2H3/t12?,13?,23-,24?,27?/m1/s1. The van der Waals surface area contributed by atoms with Crippen LogP contribution in [0.1, 0.15) is 24.2 Å². The average Bonchev–Trinajstić information content (AvgIpc) is 2.98. The highest BCUT2D eigenvalue weighted by atomic mass is 16.5. The highest BCUT2D eigenvalue weighted by Gasteiger charge is 2.35. The fraction of sp³-hybridized carbons (Fsp3) is 0.267. The fourth-order valence-electron chi connectivity index (χ4n) is 4.36. The van der Waals surface area contributed by atoms with E-state index >= 15 is 0 Å². The maximum absolute atomic E-state index is 13.5. The molecule has 0 amide bonds. The van der Waals surface area contributed by atoms with E-state index in [1.807, 2.05) is 0 Å². The molecule has 0 saturated heterocycles. The van der Waals surface area contributed by atoms with Crippen LogP contribution in [-0.4, -0.2) is 83.0 Å². The Hall–Kier alpha value is -5.18. The Bertz CT molecular complexity index is 1710. The molecule has 9 N–H and O–H groups in total. The van der Waals surface area contributed by atoms with Crippen molar-refractivity contribution in [2.24, 2.45) is 5.92 Å². The lowest BCUT2D eigenvalue weighted by molar-refractivity contribution is -0.113. The monoisotopic (exact) mass is 614 g/mol. The molecular weight excluding hydrogens is 584 g/mol. The number of esters is 1. The van der Waals surface area contributed by atoms with Crippen molar-refractivity contribution in [3.8, 4) is 51.6 Å². The Morgan fingerprint density at radius 1 is 0.795 bits per heavy atom. The molecule has 234 valence electrons. The summed E-state index contributed by atoms with van der Waals surface area (Å²) in [6, 6.07) is 9.15. The molecule has 0 aliphatic carbocycles. The number of aliphatic hydroxyl groups is 3. The summed E-state index contributed by atoms with van der Waals surface area (Å²) < 4.78 is 16.6. The largest absolute Gasteiger partial charge is 0.508 e. The summed E-state index contributed by atoms with van der Waals surface area (Å²) in [6.07, 6.45) is -6.80. The highest BCUT2D eigenvalue weighted by Crippen LogP contribution is 2.37. The van der Waals surface area contributed by atoms with Crippen LogP contribution in [0.2, 0.25) is 0 Å². The van der Waals surface area contributed by atoms with Gasteiger partial charge in [-0.3, -0.25) is 4.79 Å². The SMILES string of the molecule is CC(Oc1c(-c2ccc(O)cc2)oc2cc(O)cc(O)c2c1=O)C(O)C(O)[C@H](O)C(C)COC(=O)c1cc(O)c(O)c(O)c1. The second-order valence-corrected chi connectivity index (χ2v) is 10.2. The van der Waals surface area contributed by atoms with Crippen LogP contribution in [0.15, 0.2) is 57.7 Å². The van der Waals surface area contributed by atoms with Gasteiger partial charge in [0.25, 0.3) is 0 Å². The van der Waals surface area contributed by atoms with Crippen molar-refractivity contribution in [1.82, 2.24) is 0 Å². The van der Waals surface area contributed by atoms with Gasteiger partial charge in [-0.1, -0.05) is 6.92 Å². The molecular formula is C30H30O14. The summed E-state index contributed by atoms with van der Waals surface area (Å²) in [4.78, 5) is 25.8. The minimum absolute atomic E-state index is 0.0882. The van der Waals surface area contributed by atoms with Crippen molar-refractivity contribution in [1.29, 1.82) is 0 Å². The minimum Gasteiger partial charge on any atom is -0.508 e. The topological polar surface area (TPSA) is 248 Å². The second-order valence-electron chi connectivity index (χ2n) is 10.2. The van der Waals surface area contributed by atoms with Gasteiger partial charge in [0.2, 0.25) is 11.2 Å². The van der Waals surface area contributed by atoms with E-state index in [1.165, 1.54) is 38.1 Å². The van der Waals surface area contributed by atoms with Crippen LogP contribution in [-0.2, 0) is 4.74 Å². The number of ether oxygens (including phenoxy) is 2. The van der Waals surface area contributed by atoms with Gasteiger partial charge in [0.05, 0.1) is 18.3 Å². The van der Waals surface area contributed by atoms with E-state index in [4.69, 9.17) is 13.9 Å². The smallest absolute Gasteiger partial charge is 0.338 e. The lowest BCUT2D eigenvalue weighted by atomic mass is 9.95. The number of aliphatic hydroxyl groups excluding tert-OH is 3. The van der Waals surface area contributed by atoms with Crippen LogP contribution in [0.5, 0.6) is 40.2 Å². The fourth-order valence-corrected chi connectivity index (χ4v) is 4.36. The van der Waals surface area contributed by atoms with Crippen molar-refractivity contribution in [3.05, 3.63) is 64.3 Å². The van der Waals surface area contributed by atoms with Gasteiger partial charge in [0, 0.05) is 23.6 Å². The van der Waals surface area contributed by atoms with Gasteiger partial charge >= 0.3 is 5.97 Å². The third-order valence-corrected chi connectivity index (χ3v) is 6.90. The van der Waals surface area contributed by atoms with Crippen LogP contribution in [0.25, 0.3) is 22.3 Å². The molecule has 4 aromatic rings. The number of hydrogen-bond donors (Lipinski definition) is 9. The van der Waals surface area contributed by atoms with Crippen LogP contribution in [0.4, 0.5) is 0 Å². The molecule has 0 bridgehead atoms. The third-order valence-electron chi connectivity index (χ3n) is 6.90. The van der Waals surface area contributed by atoms with Gasteiger partial charge in [0.15, 0.2) is 23.0 Å². The first-order valence-corrected chi connectivity index (χ1v) is 13.1. The van der Waals surface area contributed by atoms with Crippen LogP contribution < -0.4 is 10.2 Å². The van der Waals surface area contributed by atoms with E-state index in [0.29, 0.717) is 0 Å². The number of benzene rings is 3. The molecule has 14 heteroatoms. The third kappa shape index (κ3) is 6.41. The summed E-state index contributed by atoms with van der Waals surface area (Å²) in [7, 11) is 0. The Morgan fingerprint density at radius 3 is 2.02 bits per heavy atom. The summed E-state index contributed by atoms with van der Waals surface area (Å²) in [5.41, 5.74) is -1.13. The van der Waals surface area contributed by atoms with Crippen molar-refractivity contribution in [2.45, 2.75) is 38.3 Å². The minimum atomic E-state index is -1.89. The molecule has 0 saturated carbocycles. The first kappa shape index (κ1) is 31.7. The van der Waals surface area contributed by atoms with Crippen LogP contribution in [0, 0.1) is 5.92 Å². The zero-order valence-electron chi connectivity index (χ0n) is 23.3. The molecule has 4 unspecified atom stereocenters. The zero-order chi connectivity index (χ0) is 32.5. The Kier molecular flexibility index (Phi) is 9.08. The van der Waals surface area contributed by atoms with Crippen molar-refractivity contribution >= 4 is 16.9 Å². The number of aromatic hydroxyl groups is 6. The number of phenolic OH excluding ortho intramolecular Hbond substituents is 6. The first-order chi connectivity index (χ1) is 20.7. The second kappa shape index (κ2) is 12.6. The van der Waals surface area contributed by atoms with E-state index in [2.05, 4.69) is 0 Å². The van der Waals surface area contributed by atoms with Crippen LogP contribution >= 0.6 is 0 Å². The number of rotatable bonds is 10. The van der Waals surface area contributed by atoms with Gasteiger partial charge in [-0.2, -0.15) is 0 Å². The predicted octanol–water partition coefficient (Wildman–Crippen LogP) is 2.04. The molecule has 1 heterocycles. The molecule has 1 aromatic heterocycles. The number of fused-ring (bicyclic) bond motifs is 1. The van der Waals surface area contributed by atoms with Crippen LogP contribution in [0.3, 0.4) is 0 Å². The maximum Gasteiger partial charge on any atom is 0.338 e. The molecule has 14 nitrogen and oxygen atoms in total. The predicted molar refractivity (Wildman–Crippen MR) is 152 cm³/mol. The summed E-state index contributed by atoms with van der Waals surface area (Å²) >= 11 is 0. The molecule has 0 radical (unpaired) electrons. The van der Waals surface area contributed by atoms with Gasteiger partial charge in [0.1, 0.15) is 46.5 Å². The van der Waals surface area contributed by atoms with Gasteiger partial charge < -0.3 is 59.8 Å². The Morgan fingerprint density at radius 2 is 1.41 bits per heavy atom. The van der Waals surface area contributed by atoms with E-state index in [9.17, 15) is 55.5 Å². The van der Waals surface area contributed by atoms with E-state index < -0.39 is 77.1 Å². The molecule has 3 aromatic carbocycles. The molecule has 0 aliphatic heterocycles. The van der Waals surface area contributed by atoms with E-state index in [1.54, 1.807) is 0 Å². The molecule has 0 spiro atoms. The quantitative estimate of drug-likeness (QED) is 0.0916. The Labute approximate surface area is 248 Å². The lowest BCUT2D eigenvalue weighted by Crippen LogP contribution is -2.48. The number of hydrogen-bond acceptors (Lipinski definition) is 14. The molecule has 0 fully saturated rings. The number of carbonyl (C=O) groups is 1. The molecule has 44 heavy (non-hydrogen) atoms. The zero-order valence-corrected chi connectivity index (χ0v) is 23.3. The van der Waals surface area contributed by atoms with Gasteiger partial charge in [-0.15, -0.1) is 0 Å². The average molecular weight is 615 g/mol. The summed E-state index contributed by atoms with van der Waals surface area (Å²) in [5.74, 6) is -6.11. The van der Waals surface area contributed by atoms with E-state index in [-0.39, 0.29) is 39.4 Å². The normalized spacial score (nSPS) is 14.8. The van der Waals surface area contributed by atoms with Crippen molar-refractivity contribution < 1.29 is 64.6 Å². The van der Waals surface area contributed by atoms with Gasteiger partial charge in [-0.05, 0) is 43.3 Å². The molecule has 5 atom stereocenters. The number of carbonyl (C=O) groups excluding carboxylic acids is 1. The Balaban J connectivity index is 1.53. The highest BCUT2D eigenvalue weighted by molar-refractivity contribution is 5.91. The molecule has 0 aliphatic rings. The lowest BCUT2D eigenvalue weighted by Gasteiger charge is -2.30. The summed E-state index contributed by atoms with van der Waals surface area (Å²) in [5, 5.41) is 90.3. The summed E-state index contributed by atoms with van der Waals surface area (Å²) in [6.45, 7) is 2.20. The number of phenols is 6. The van der Waals surface area contributed by atoms with E-state index in [0.717, 1.165) is 24.3 Å². The van der Waals surface area contributed by atoms with Crippen molar-refractivity contribution in [2.75, 3.05) is 6.61 Å². The first-order valence-electron chi connectivity index (χ1n) is 13.1. The molecule has 4 rings (SSSR count). The van der Waals surface area contributed by atoms with Crippen molar-refractivity contribution in [3.63, 3.8) is 0 Å². The maximum atomic E-state index is 13.5.